The van der Waals surface area contributed by atoms with Gasteiger partial charge in [0, 0.05) is 33.7 Å². The van der Waals surface area contributed by atoms with Crippen molar-refractivity contribution in [3.05, 3.63) is 11.6 Å². The Bertz CT molecular complexity index is 508. The lowest BCUT2D eigenvalue weighted by Crippen LogP contribution is -2.45. The molecule has 5 nitrogen and oxygen atoms in total. The van der Waals surface area contributed by atoms with Crippen LogP contribution in [0, 0.1) is 17.8 Å². The van der Waals surface area contributed by atoms with Crippen LogP contribution >= 0.6 is 0 Å². The summed E-state index contributed by atoms with van der Waals surface area (Å²) in [4.78, 5) is 0. The second-order valence-electron chi connectivity index (χ2n) is 7.40. The molecule has 0 aromatic heterocycles. The number of nitrogens with one attached hydrogen (secondary N) is 1. The summed E-state index contributed by atoms with van der Waals surface area (Å²) in [6, 6.07) is 0. The normalized spacial score (nSPS) is 28.1. The number of rotatable bonds is 6. The first kappa shape index (κ1) is 18.9. The van der Waals surface area contributed by atoms with Crippen molar-refractivity contribution < 1.29 is 8.42 Å². The molecule has 23 heavy (non-hydrogen) atoms. The van der Waals surface area contributed by atoms with Crippen LogP contribution in [0.2, 0.25) is 0 Å². The first-order chi connectivity index (χ1) is 10.8. The highest BCUT2D eigenvalue weighted by Gasteiger charge is 2.29. The van der Waals surface area contributed by atoms with E-state index in [-0.39, 0.29) is 0 Å². The average molecular weight is 344 g/mol. The third-order valence-corrected chi connectivity index (χ3v) is 7.46. The topological polar surface area (TPSA) is 52.7 Å². The molecular formula is C17H33N3O2S. The van der Waals surface area contributed by atoms with Gasteiger partial charge in [-0.1, -0.05) is 18.6 Å². The smallest absolute Gasteiger partial charge is 0.281 e. The number of allylic oxidation sites excluding steroid dienone is 1. The molecule has 0 aromatic rings. The lowest BCUT2D eigenvalue weighted by atomic mass is 9.80. The molecule has 2 atom stereocenters. The van der Waals surface area contributed by atoms with E-state index in [4.69, 9.17) is 0 Å². The monoisotopic (exact) mass is 343 g/mol. The second kappa shape index (κ2) is 8.10. The van der Waals surface area contributed by atoms with Gasteiger partial charge in [-0.05, 0) is 56.9 Å². The number of piperidine rings is 1. The molecule has 1 saturated heterocycles. The largest absolute Gasteiger partial charge is 0.316 e. The number of nitrogens with zero attached hydrogens (tertiary/aromatic N) is 2. The van der Waals surface area contributed by atoms with Crippen molar-refractivity contribution in [2.24, 2.45) is 17.8 Å². The zero-order chi connectivity index (χ0) is 17.0. The maximum atomic E-state index is 12.1. The highest BCUT2D eigenvalue weighted by atomic mass is 32.2. The second-order valence-corrected chi connectivity index (χ2v) is 9.54. The van der Waals surface area contributed by atoms with Crippen LogP contribution in [0.3, 0.4) is 0 Å². The summed E-state index contributed by atoms with van der Waals surface area (Å²) < 4.78 is 27.2. The fraction of sp³-hybridized carbons (Fsp3) is 0.882. The van der Waals surface area contributed by atoms with Gasteiger partial charge in [-0.3, -0.25) is 0 Å². The van der Waals surface area contributed by atoms with Crippen LogP contribution in [0.1, 0.15) is 39.5 Å². The minimum Gasteiger partial charge on any atom is -0.316 e. The van der Waals surface area contributed by atoms with E-state index in [1.165, 1.54) is 22.7 Å². The van der Waals surface area contributed by atoms with E-state index < -0.39 is 10.2 Å². The van der Waals surface area contributed by atoms with Crippen molar-refractivity contribution in [1.29, 1.82) is 0 Å². The molecule has 2 rings (SSSR count). The van der Waals surface area contributed by atoms with Gasteiger partial charge in [-0.15, -0.1) is 0 Å². The van der Waals surface area contributed by atoms with Gasteiger partial charge in [-0.2, -0.15) is 17.0 Å². The molecule has 0 radical (unpaired) electrons. The van der Waals surface area contributed by atoms with E-state index >= 15 is 0 Å². The summed E-state index contributed by atoms with van der Waals surface area (Å²) in [5, 5.41) is 3.64. The molecule has 0 amide bonds. The van der Waals surface area contributed by atoms with Gasteiger partial charge >= 0.3 is 0 Å². The molecule has 2 aliphatic rings. The van der Waals surface area contributed by atoms with E-state index in [1.54, 1.807) is 18.4 Å². The molecular weight excluding hydrogens is 310 g/mol. The van der Waals surface area contributed by atoms with Gasteiger partial charge in [0.25, 0.3) is 10.2 Å². The van der Waals surface area contributed by atoms with Crippen LogP contribution in [-0.4, -0.2) is 57.3 Å². The summed E-state index contributed by atoms with van der Waals surface area (Å²) in [5.41, 5.74) is 1.53. The zero-order valence-corrected chi connectivity index (χ0v) is 15.9. The molecule has 0 aromatic carbocycles. The molecule has 0 unspecified atom stereocenters. The molecule has 0 saturated carbocycles. The summed E-state index contributed by atoms with van der Waals surface area (Å²) in [6.45, 7) is 7.96. The lowest BCUT2D eigenvalue weighted by molar-refractivity contribution is 0.251. The first-order valence-electron chi connectivity index (χ1n) is 8.87. The quantitative estimate of drug-likeness (QED) is 0.751. The van der Waals surface area contributed by atoms with E-state index in [1.807, 2.05) is 0 Å². The predicted octanol–water partition coefficient (Wildman–Crippen LogP) is 2.09. The average Bonchev–Trinajstić information content (AvgIpc) is 2.50. The fourth-order valence-electron chi connectivity index (χ4n) is 3.76. The van der Waals surface area contributed by atoms with E-state index in [9.17, 15) is 8.42 Å². The Balaban J connectivity index is 1.73. The Morgan fingerprint density at radius 1 is 1.22 bits per heavy atom. The first-order valence-corrected chi connectivity index (χ1v) is 10.3. The van der Waals surface area contributed by atoms with Crippen LogP contribution in [-0.2, 0) is 10.2 Å². The van der Waals surface area contributed by atoms with Crippen molar-refractivity contribution in [3.63, 3.8) is 0 Å². The molecule has 1 N–H and O–H groups in total. The summed E-state index contributed by atoms with van der Waals surface area (Å²) in [7, 11) is -0.0341. The van der Waals surface area contributed by atoms with Crippen LogP contribution in [0.25, 0.3) is 0 Å². The Labute approximate surface area is 142 Å². The maximum Gasteiger partial charge on any atom is 0.281 e. The van der Waals surface area contributed by atoms with Crippen molar-refractivity contribution in [1.82, 2.24) is 13.9 Å². The van der Waals surface area contributed by atoms with Gasteiger partial charge in [0.2, 0.25) is 0 Å². The van der Waals surface area contributed by atoms with Crippen LogP contribution < -0.4 is 5.32 Å². The van der Waals surface area contributed by atoms with Gasteiger partial charge in [-0.25, -0.2) is 0 Å². The predicted molar refractivity (Wildman–Crippen MR) is 95.4 cm³/mol. The summed E-state index contributed by atoms with van der Waals surface area (Å²) >= 11 is 0. The van der Waals surface area contributed by atoms with Crippen LogP contribution in [0.15, 0.2) is 11.6 Å². The van der Waals surface area contributed by atoms with Crippen LogP contribution in [0.4, 0.5) is 0 Å². The highest BCUT2D eigenvalue weighted by molar-refractivity contribution is 7.86. The minimum absolute atomic E-state index is 0.590. The third kappa shape index (κ3) is 4.78. The molecule has 134 valence electrons. The molecule has 1 heterocycles. The van der Waals surface area contributed by atoms with Crippen LogP contribution in [0.5, 0.6) is 0 Å². The van der Waals surface area contributed by atoms with Gasteiger partial charge in [0.15, 0.2) is 0 Å². The van der Waals surface area contributed by atoms with Crippen molar-refractivity contribution in [2.45, 2.75) is 39.5 Å². The lowest BCUT2D eigenvalue weighted by Gasteiger charge is -2.34. The molecule has 1 aliphatic carbocycles. The zero-order valence-electron chi connectivity index (χ0n) is 15.1. The number of hydrogen-bond acceptors (Lipinski definition) is 3. The molecule has 1 fully saturated rings. The Morgan fingerprint density at radius 3 is 2.43 bits per heavy atom. The molecule has 0 bridgehead atoms. The van der Waals surface area contributed by atoms with Crippen molar-refractivity contribution in [2.75, 3.05) is 40.3 Å². The molecule has 6 heteroatoms. The maximum absolute atomic E-state index is 12.1. The molecule has 1 aliphatic heterocycles. The van der Waals surface area contributed by atoms with E-state index in [0.29, 0.717) is 24.9 Å². The third-order valence-electron chi connectivity index (χ3n) is 5.52. The summed E-state index contributed by atoms with van der Waals surface area (Å²) in [5.74, 6) is 2.02. The van der Waals surface area contributed by atoms with Gasteiger partial charge in [0.05, 0.1) is 0 Å². The van der Waals surface area contributed by atoms with Gasteiger partial charge < -0.3 is 5.32 Å². The van der Waals surface area contributed by atoms with Crippen molar-refractivity contribution in [3.8, 4) is 0 Å². The van der Waals surface area contributed by atoms with Crippen molar-refractivity contribution >= 4 is 10.2 Å². The van der Waals surface area contributed by atoms with E-state index in [0.717, 1.165) is 31.8 Å². The minimum atomic E-state index is -3.24. The van der Waals surface area contributed by atoms with Gasteiger partial charge in [0.1, 0.15) is 0 Å². The SMILES string of the molecule is CC1=CCC[C@H](C)[C@H]1CNCC1CCN(S(=O)(=O)N(C)C)CC1. The Morgan fingerprint density at radius 2 is 1.87 bits per heavy atom. The highest BCUT2D eigenvalue weighted by Crippen LogP contribution is 2.29. The number of hydrogen-bond donors (Lipinski definition) is 1. The Hall–Kier alpha value is -0.430. The summed E-state index contributed by atoms with van der Waals surface area (Å²) in [6.07, 6.45) is 6.81. The fourth-order valence-corrected chi connectivity index (χ4v) is 4.89. The Kier molecular flexibility index (Phi) is 6.66. The molecule has 0 spiro atoms. The van der Waals surface area contributed by atoms with E-state index in [2.05, 4.69) is 25.2 Å². The standard InChI is InChI=1S/C17H33N3O2S/c1-14-6-5-7-15(2)17(14)13-18-12-16-8-10-20(11-9-16)23(21,22)19(3)4/h6,15-18H,5,7-13H2,1-4H3/t15-,17-/m0/s1.